The number of nitrogens with zero attached hydrogens (tertiary/aromatic N) is 3. The summed E-state index contributed by atoms with van der Waals surface area (Å²) in [5, 5.41) is 12.4. The van der Waals surface area contributed by atoms with Gasteiger partial charge in [-0.3, -0.25) is 4.98 Å². The molecule has 0 aliphatic rings. The van der Waals surface area contributed by atoms with Crippen LogP contribution in [-0.4, -0.2) is 21.5 Å². The van der Waals surface area contributed by atoms with Crippen molar-refractivity contribution in [3.05, 3.63) is 41.2 Å². The SMILES string of the molecule is Cc1cc(NCCc2cnc[nH]2)c(C#N)c(C)n1. The molecule has 0 bridgehead atoms. The lowest BCUT2D eigenvalue weighted by Gasteiger charge is -2.10. The third-order valence-corrected chi connectivity index (χ3v) is 2.70. The maximum Gasteiger partial charge on any atom is 0.103 e. The van der Waals surface area contributed by atoms with E-state index in [0.29, 0.717) is 5.56 Å². The summed E-state index contributed by atoms with van der Waals surface area (Å²) in [6.45, 7) is 4.53. The van der Waals surface area contributed by atoms with Gasteiger partial charge in [-0.2, -0.15) is 5.26 Å². The van der Waals surface area contributed by atoms with Crippen LogP contribution in [0.1, 0.15) is 22.6 Å². The highest BCUT2D eigenvalue weighted by Gasteiger charge is 2.07. The molecule has 0 saturated carbocycles. The van der Waals surface area contributed by atoms with Gasteiger partial charge < -0.3 is 10.3 Å². The Bertz CT molecular complexity index is 566. The summed E-state index contributed by atoms with van der Waals surface area (Å²) in [6.07, 6.45) is 4.30. The van der Waals surface area contributed by atoms with Crippen LogP contribution in [0.5, 0.6) is 0 Å². The van der Waals surface area contributed by atoms with Crippen LogP contribution in [0.25, 0.3) is 0 Å². The van der Waals surface area contributed by atoms with Gasteiger partial charge in [-0.25, -0.2) is 4.98 Å². The molecule has 5 nitrogen and oxygen atoms in total. The Morgan fingerprint density at radius 1 is 1.44 bits per heavy atom. The fourth-order valence-corrected chi connectivity index (χ4v) is 1.86. The Morgan fingerprint density at radius 2 is 2.28 bits per heavy atom. The maximum atomic E-state index is 9.13. The van der Waals surface area contributed by atoms with Crippen LogP contribution in [0, 0.1) is 25.2 Å². The molecule has 2 N–H and O–H groups in total. The zero-order valence-electron chi connectivity index (χ0n) is 10.5. The molecule has 0 fully saturated rings. The van der Waals surface area contributed by atoms with Gasteiger partial charge in [0.1, 0.15) is 6.07 Å². The number of rotatable bonds is 4. The molecule has 0 amide bonds. The minimum Gasteiger partial charge on any atom is -0.383 e. The first-order chi connectivity index (χ1) is 8.70. The lowest BCUT2D eigenvalue weighted by molar-refractivity contribution is 0.971. The van der Waals surface area contributed by atoms with E-state index < -0.39 is 0 Å². The van der Waals surface area contributed by atoms with Crippen LogP contribution in [0.4, 0.5) is 5.69 Å². The van der Waals surface area contributed by atoms with Crippen molar-refractivity contribution >= 4 is 5.69 Å². The van der Waals surface area contributed by atoms with Gasteiger partial charge in [0.25, 0.3) is 0 Å². The molecule has 2 aromatic heterocycles. The minimum atomic E-state index is 0.616. The van der Waals surface area contributed by atoms with Gasteiger partial charge in [-0.15, -0.1) is 0 Å². The van der Waals surface area contributed by atoms with Crippen LogP contribution in [0.2, 0.25) is 0 Å². The molecular weight excluding hydrogens is 226 g/mol. The van der Waals surface area contributed by atoms with E-state index in [2.05, 4.69) is 26.3 Å². The monoisotopic (exact) mass is 241 g/mol. The van der Waals surface area contributed by atoms with Crippen molar-refractivity contribution in [3.63, 3.8) is 0 Å². The molecule has 0 atom stereocenters. The summed E-state index contributed by atoms with van der Waals surface area (Å²) in [5.74, 6) is 0. The minimum absolute atomic E-state index is 0.616. The van der Waals surface area contributed by atoms with E-state index in [1.165, 1.54) is 0 Å². The number of nitriles is 1. The summed E-state index contributed by atoms with van der Waals surface area (Å²) in [6, 6.07) is 4.09. The summed E-state index contributed by atoms with van der Waals surface area (Å²) in [5.41, 5.74) is 4.22. The first-order valence-corrected chi connectivity index (χ1v) is 5.80. The van der Waals surface area contributed by atoms with Crippen LogP contribution < -0.4 is 5.32 Å². The number of aryl methyl sites for hydroxylation is 2. The number of imidazole rings is 1. The molecule has 2 heterocycles. The third-order valence-electron chi connectivity index (χ3n) is 2.70. The zero-order chi connectivity index (χ0) is 13.0. The molecule has 0 aliphatic carbocycles. The number of pyridine rings is 1. The lowest BCUT2D eigenvalue weighted by Crippen LogP contribution is -2.08. The largest absolute Gasteiger partial charge is 0.383 e. The zero-order valence-corrected chi connectivity index (χ0v) is 10.5. The number of nitrogens with one attached hydrogen (secondary N) is 2. The van der Waals surface area contributed by atoms with Crippen molar-refractivity contribution in [2.75, 3.05) is 11.9 Å². The Labute approximate surface area is 106 Å². The van der Waals surface area contributed by atoms with Gasteiger partial charge in [-0.1, -0.05) is 0 Å². The Morgan fingerprint density at radius 3 is 2.94 bits per heavy atom. The van der Waals surface area contributed by atoms with E-state index in [1.807, 2.05) is 19.9 Å². The van der Waals surface area contributed by atoms with Gasteiger partial charge in [0.05, 0.1) is 23.3 Å². The number of hydrogen-bond donors (Lipinski definition) is 2. The predicted octanol–water partition coefficient (Wildman–Crippen LogP) is 1.95. The second kappa shape index (κ2) is 5.32. The molecular formula is C13H15N5. The topological polar surface area (TPSA) is 77.4 Å². The standard InChI is InChI=1S/C13H15N5/c1-9-5-13(12(6-14)10(2)18-9)16-4-3-11-7-15-8-17-11/h5,7-8H,3-4H2,1-2H3,(H,15,17)(H,16,18). The molecule has 5 heteroatoms. The summed E-state index contributed by atoms with van der Waals surface area (Å²) < 4.78 is 0. The number of H-pyrrole nitrogens is 1. The van der Waals surface area contributed by atoms with E-state index in [9.17, 15) is 0 Å². The maximum absolute atomic E-state index is 9.13. The Kier molecular flexibility index (Phi) is 3.58. The average Bonchev–Trinajstić information content (AvgIpc) is 2.81. The number of hydrogen-bond acceptors (Lipinski definition) is 4. The van der Waals surface area contributed by atoms with Gasteiger partial charge in [0.15, 0.2) is 0 Å². The second-order valence-electron chi connectivity index (χ2n) is 4.14. The van der Waals surface area contributed by atoms with Crippen LogP contribution >= 0.6 is 0 Å². The predicted molar refractivity (Wildman–Crippen MR) is 69.2 cm³/mol. The lowest BCUT2D eigenvalue weighted by atomic mass is 10.1. The first kappa shape index (κ1) is 12.1. The van der Waals surface area contributed by atoms with Gasteiger partial charge in [0.2, 0.25) is 0 Å². The van der Waals surface area contributed by atoms with Gasteiger partial charge in [-0.05, 0) is 19.9 Å². The Balaban J connectivity index is 2.07. The van der Waals surface area contributed by atoms with Crippen LogP contribution in [0.15, 0.2) is 18.6 Å². The number of aromatic nitrogens is 3. The van der Waals surface area contributed by atoms with Gasteiger partial charge >= 0.3 is 0 Å². The van der Waals surface area contributed by atoms with E-state index in [0.717, 1.165) is 35.7 Å². The number of anilines is 1. The van der Waals surface area contributed by atoms with E-state index in [1.54, 1.807) is 12.5 Å². The molecule has 0 spiro atoms. The van der Waals surface area contributed by atoms with Crippen molar-refractivity contribution in [1.29, 1.82) is 5.26 Å². The third kappa shape index (κ3) is 2.66. The molecule has 18 heavy (non-hydrogen) atoms. The highest BCUT2D eigenvalue weighted by atomic mass is 14.9. The van der Waals surface area contributed by atoms with Crippen molar-refractivity contribution in [2.24, 2.45) is 0 Å². The summed E-state index contributed by atoms with van der Waals surface area (Å²) in [7, 11) is 0. The van der Waals surface area contributed by atoms with Crippen molar-refractivity contribution in [2.45, 2.75) is 20.3 Å². The fraction of sp³-hybridized carbons (Fsp3) is 0.308. The quantitative estimate of drug-likeness (QED) is 0.857. The van der Waals surface area contributed by atoms with Crippen molar-refractivity contribution < 1.29 is 0 Å². The molecule has 0 radical (unpaired) electrons. The molecule has 92 valence electrons. The molecule has 0 aliphatic heterocycles. The molecule has 0 aromatic carbocycles. The number of aromatic amines is 1. The summed E-state index contributed by atoms with van der Waals surface area (Å²) >= 11 is 0. The molecule has 0 saturated heterocycles. The smallest absolute Gasteiger partial charge is 0.103 e. The highest BCUT2D eigenvalue weighted by Crippen LogP contribution is 2.18. The summed E-state index contributed by atoms with van der Waals surface area (Å²) in [4.78, 5) is 11.3. The second-order valence-corrected chi connectivity index (χ2v) is 4.14. The Hall–Kier alpha value is -2.35. The van der Waals surface area contributed by atoms with Crippen LogP contribution in [0.3, 0.4) is 0 Å². The van der Waals surface area contributed by atoms with Crippen molar-refractivity contribution in [3.8, 4) is 6.07 Å². The van der Waals surface area contributed by atoms with E-state index in [4.69, 9.17) is 5.26 Å². The van der Waals surface area contributed by atoms with E-state index >= 15 is 0 Å². The van der Waals surface area contributed by atoms with E-state index in [-0.39, 0.29) is 0 Å². The van der Waals surface area contributed by atoms with Gasteiger partial charge in [0, 0.05) is 30.6 Å². The fourth-order valence-electron chi connectivity index (χ4n) is 1.86. The molecule has 2 aromatic rings. The highest BCUT2D eigenvalue weighted by molar-refractivity contribution is 5.59. The average molecular weight is 241 g/mol. The normalized spacial score (nSPS) is 10.1. The molecule has 2 rings (SSSR count). The first-order valence-electron chi connectivity index (χ1n) is 5.80. The van der Waals surface area contributed by atoms with Crippen LogP contribution in [-0.2, 0) is 6.42 Å². The molecule has 0 unspecified atom stereocenters. The van der Waals surface area contributed by atoms with Crippen molar-refractivity contribution in [1.82, 2.24) is 15.0 Å².